The zero-order chi connectivity index (χ0) is 15.2. The number of ether oxygens (including phenoxy) is 1. The summed E-state index contributed by atoms with van der Waals surface area (Å²) in [5.41, 5.74) is 2.21. The molecular weight excluding hydrogens is 309 g/mol. The fourth-order valence-corrected chi connectivity index (χ4v) is 2.14. The van der Waals surface area contributed by atoms with Gasteiger partial charge in [-0.05, 0) is 30.2 Å². The van der Waals surface area contributed by atoms with Crippen molar-refractivity contribution in [1.82, 2.24) is 5.32 Å². The first kappa shape index (κ1) is 15.7. The van der Waals surface area contributed by atoms with Crippen LogP contribution in [0.25, 0.3) is 0 Å². The largest absolute Gasteiger partial charge is 0.482 e. The zero-order valence-corrected chi connectivity index (χ0v) is 13.0. The van der Waals surface area contributed by atoms with Crippen molar-refractivity contribution in [2.75, 3.05) is 6.61 Å². The van der Waals surface area contributed by atoms with E-state index in [-0.39, 0.29) is 12.5 Å². The van der Waals surface area contributed by atoms with E-state index in [0.717, 1.165) is 11.1 Å². The molecule has 2 aromatic carbocycles. The molecule has 0 aliphatic rings. The summed E-state index contributed by atoms with van der Waals surface area (Å²) in [4.78, 5) is 11.8. The monoisotopic (exact) mass is 323 g/mol. The van der Waals surface area contributed by atoms with Gasteiger partial charge in [0.1, 0.15) is 10.8 Å². The highest BCUT2D eigenvalue weighted by molar-refractivity contribution is 6.42. The van der Waals surface area contributed by atoms with Crippen molar-refractivity contribution in [3.63, 3.8) is 0 Å². The Morgan fingerprint density at radius 1 is 1.14 bits per heavy atom. The minimum atomic E-state index is -0.214. The number of hydrogen-bond acceptors (Lipinski definition) is 2. The van der Waals surface area contributed by atoms with Crippen LogP contribution >= 0.6 is 23.2 Å². The summed E-state index contributed by atoms with van der Waals surface area (Å²) in [6.07, 6.45) is 0. The van der Waals surface area contributed by atoms with Gasteiger partial charge >= 0.3 is 0 Å². The summed E-state index contributed by atoms with van der Waals surface area (Å²) in [5.74, 6) is 0.185. The highest BCUT2D eigenvalue weighted by Crippen LogP contribution is 2.31. The summed E-state index contributed by atoms with van der Waals surface area (Å²) in [5, 5.41) is 3.51. The predicted octanol–water partition coefficient (Wildman–Crippen LogP) is 4.00. The van der Waals surface area contributed by atoms with Gasteiger partial charge in [0, 0.05) is 6.54 Å². The fourth-order valence-electron chi connectivity index (χ4n) is 1.79. The normalized spacial score (nSPS) is 10.2. The Balaban J connectivity index is 1.85. The highest BCUT2D eigenvalue weighted by atomic mass is 35.5. The average molecular weight is 324 g/mol. The number of halogens is 2. The third-order valence-electron chi connectivity index (χ3n) is 3.01. The van der Waals surface area contributed by atoms with Crippen LogP contribution in [0.5, 0.6) is 5.75 Å². The standard InChI is InChI=1S/C16H15Cl2NO2/c1-11-5-2-3-6-12(11)9-19-15(20)10-21-14-8-4-7-13(17)16(14)18/h2-8H,9-10H2,1H3,(H,19,20). The van der Waals surface area contributed by atoms with Crippen molar-refractivity contribution in [3.05, 3.63) is 63.6 Å². The molecule has 0 unspecified atom stereocenters. The molecule has 0 heterocycles. The van der Waals surface area contributed by atoms with Crippen LogP contribution in [0.4, 0.5) is 0 Å². The van der Waals surface area contributed by atoms with Crippen LogP contribution in [0.15, 0.2) is 42.5 Å². The molecule has 3 nitrogen and oxygen atoms in total. The van der Waals surface area contributed by atoms with E-state index in [9.17, 15) is 4.79 Å². The van der Waals surface area contributed by atoms with E-state index in [4.69, 9.17) is 27.9 Å². The second-order valence-electron chi connectivity index (χ2n) is 4.54. The van der Waals surface area contributed by atoms with E-state index in [1.807, 2.05) is 31.2 Å². The molecule has 1 N–H and O–H groups in total. The van der Waals surface area contributed by atoms with E-state index < -0.39 is 0 Å². The van der Waals surface area contributed by atoms with Crippen LogP contribution in [0.3, 0.4) is 0 Å². The second-order valence-corrected chi connectivity index (χ2v) is 5.33. The summed E-state index contributed by atoms with van der Waals surface area (Å²) < 4.78 is 5.37. The summed E-state index contributed by atoms with van der Waals surface area (Å²) in [7, 11) is 0. The maximum absolute atomic E-state index is 11.8. The number of benzene rings is 2. The Bertz CT molecular complexity index is 644. The first-order chi connectivity index (χ1) is 10.1. The molecule has 1 amide bonds. The molecule has 0 atom stereocenters. The van der Waals surface area contributed by atoms with Crippen molar-refractivity contribution >= 4 is 29.1 Å². The lowest BCUT2D eigenvalue weighted by atomic mass is 10.1. The second kappa shape index (κ2) is 7.34. The summed E-state index contributed by atoms with van der Waals surface area (Å²) >= 11 is 11.9. The molecule has 0 radical (unpaired) electrons. The van der Waals surface area contributed by atoms with Crippen molar-refractivity contribution in [1.29, 1.82) is 0 Å². The quantitative estimate of drug-likeness (QED) is 0.903. The first-order valence-corrected chi connectivity index (χ1v) is 7.21. The molecule has 0 fully saturated rings. The maximum atomic E-state index is 11.8. The number of amides is 1. The number of carbonyl (C=O) groups excluding carboxylic acids is 1. The van der Waals surface area contributed by atoms with Gasteiger partial charge in [0.25, 0.3) is 5.91 Å². The third kappa shape index (κ3) is 4.38. The SMILES string of the molecule is Cc1ccccc1CNC(=O)COc1cccc(Cl)c1Cl. The predicted molar refractivity (Wildman–Crippen MR) is 85.0 cm³/mol. The van der Waals surface area contributed by atoms with Gasteiger partial charge in [-0.15, -0.1) is 0 Å². The van der Waals surface area contributed by atoms with E-state index in [0.29, 0.717) is 22.3 Å². The molecule has 0 bridgehead atoms. The molecule has 110 valence electrons. The van der Waals surface area contributed by atoms with Crippen molar-refractivity contribution in [2.45, 2.75) is 13.5 Å². The number of hydrogen-bond donors (Lipinski definition) is 1. The van der Waals surface area contributed by atoms with Crippen molar-refractivity contribution in [2.24, 2.45) is 0 Å². The zero-order valence-electron chi connectivity index (χ0n) is 11.5. The van der Waals surface area contributed by atoms with Crippen molar-refractivity contribution < 1.29 is 9.53 Å². The topological polar surface area (TPSA) is 38.3 Å². The summed E-state index contributed by atoms with van der Waals surface area (Å²) in [6.45, 7) is 2.37. The van der Waals surface area contributed by atoms with E-state index in [1.165, 1.54) is 0 Å². The average Bonchev–Trinajstić information content (AvgIpc) is 2.48. The van der Waals surface area contributed by atoms with Gasteiger partial charge in [-0.3, -0.25) is 4.79 Å². The number of nitrogens with one attached hydrogen (secondary N) is 1. The lowest BCUT2D eigenvalue weighted by Gasteiger charge is -2.10. The van der Waals surface area contributed by atoms with Gasteiger partial charge in [0.05, 0.1) is 5.02 Å². The van der Waals surface area contributed by atoms with Gasteiger partial charge in [0.15, 0.2) is 6.61 Å². The lowest BCUT2D eigenvalue weighted by Crippen LogP contribution is -2.28. The lowest BCUT2D eigenvalue weighted by molar-refractivity contribution is -0.123. The molecular formula is C16H15Cl2NO2. The molecule has 0 aliphatic heterocycles. The first-order valence-electron chi connectivity index (χ1n) is 6.46. The molecule has 0 aromatic heterocycles. The maximum Gasteiger partial charge on any atom is 0.258 e. The van der Waals surface area contributed by atoms with Crippen LogP contribution in [0.2, 0.25) is 10.0 Å². The summed E-state index contributed by atoms with van der Waals surface area (Å²) in [6, 6.07) is 12.9. The molecule has 2 aromatic rings. The van der Waals surface area contributed by atoms with E-state index in [2.05, 4.69) is 5.32 Å². The minimum absolute atomic E-state index is 0.105. The number of aryl methyl sites for hydroxylation is 1. The Morgan fingerprint density at radius 2 is 1.90 bits per heavy atom. The van der Waals surface area contributed by atoms with Crippen LogP contribution in [-0.2, 0) is 11.3 Å². The highest BCUT2D eigenvalue weighted by Gasteiger charge is 2.08. The van der Waals surface area contributed by atoms with Crippen molar-refractivity contribution in [3.8, 4) is 5.75 Å². The van der Waals surface area contributed by atoms with Gasteiger partial charge in [-0.25, -0.2) is 0 Å². The Kier molecular flexibility index (Phi) is 5.48. The van der Waals surface area contributed by atoms with Crippen LogP contribution in [-0.4, -0.2) is 12.5 Å². The van der Waals surface area contributed by atoms with Gasteiger partial charge in [-0.2, -0.15) is 0 Å². The third-order valence-corrected chi connectivity index (χ3v) is 3.81. The van der Waals surface area contributed by atoms with Gasteiger partial charge in [-0.1, -0.05) is 53.5 Å². The molecule has 2 rings (SSSR count). The molecule has 21 heavy (non-hydrogen) atoms. The van der Waals surface area contributed by atoms with Crippen LogP contribution in [0.1, 0.15) is 11.1 Å². The van der Waals surface area contributed by atoms with Crippen LogP contribution in [0, 0.1) is 6.92 Å². The molecule has 0 spiro atoms. The van der Waals surface area contributed by atoms with Gasteiger partial charge in [0.2, 0.25) is 0 Å². The van der Waals surface area contributed by atoms with Crippen LogP contribution < -0.4 is 10.1 Å². The molecule has 0 aliphatic carbocycles. The molecule has 5 heteroatoms. The Hall–Kier alpha value is -1.71. The fraction of sp³-hybridized carbons (Fsp3) is 0.188. The minimum Gasteiger partial charge on any atom is -0.482 e. The smallest absolute Gasteiger partial charge is 0.258 e. The van der Waals surface area contributed by atoms with Gasteiger partial charge < -0.3 is 10.1 Å². The molecule has 0 saturated carbocycles. The number of rotatable bonds is 5. The number of carbonyl (C=O) groups is 1. The Morgan fingerprint density at radius 3 is 2.67 bits per heavy atom. The van der Waals surface area contributed by atoms with E-state index >= 15 is 0 Å². The molecule has 0 saturated heterocycles. The Labute approximate surface area is 133 Å². The van der Waals surface area contributed by atoms with E-state index in [1.54, 1.807) is 18.2 Å².